The van der Waals surface area contributed by atoms with Gasteiger partial charge in [0.1, 0.15) is 5.70 Å². The predicted octanol–water partition coefficient (Wildman–Crippen LogP) is 0.983. The van der Waals surface area contributed by atoms with Gasteiger partial charge in [-0.15, -0.1) is 0 Å². The number of β-amino-alcohol motifs (C(OH)–C–C–N with tert-alkyl or cyclic N) is 1. The Hall–Kier alpha value is -2.39. The summed E-state index contributed by atoms with van der Waals surface area (Å²) in [4.78, 5) is 27.5. The molecule has 1 saturated heterocycles. The molecule has 0 bridgehead atoms. The van der Waals surface area contributed by atoms with Crippen molar-refractivity contribution in [2.75, 3.05) is 42.7 Å². The minimum atomic E-state index is -3.55. The van der Waals surface area contributed by atoms with E-state index < -0.39 is 21.7 Å². The molecule has 1 aromatic rings. The summed E-state index contributed by atoms with van der Waals surface area (Å²) < 4.78 is 24.4. The van der Waals surface area contributed by atoms with Crippen LogP contribution in [0.15, 0.2) is 34.9 Å². The highest BCUT2D eigenvalue weighted by atomic mass is 32.2. The third-order valence-corrected chi connectivity index (χ3v) is 6.14. The number of carbonyl (C=O) groups excluding carboxylic acids is 2. The first-order chi connectivity index (χ1) is 13.2. The van der Waals surface area contributed by atoms with Gasteiger partial charge in [0.2, 0.25) is 0 Å². The highest BCUT2D eigenvalue weighted by Gasteiger charge is 2.31. The molecule has 152 valence electrons. The second-order valence-electron chi connectivity index (χ2n) is 7.35. The molecule has 2 heterocycles. The van der Waals surface area contributed by atoms with Crippen LogP contribution in [0, 0.1) is 5.92 Å². The molecule has 28 heavy (non-hydrogen) atoms. The number of amides is 2. The molecule has 0 spiro atoms. The summed E-state index contributed by atoms with van der Waals surface area (Å²) >= 11 is 0. The SMILES string of the molecule is CC1CCCN(c2ccc(S(C)(=O)=O)c(NC3=CC(=O)N(CCO)C3=O)c2)C1. The summed E-state index contributed by atoms with van der Waals surface area (Å²) in [6, 6.07) is 5.01. The number of anilines is 2. The molecule has 0 aliphatic carbocycles. The van der Waals surface area contributed by atoms with Crippen LogP contribution < -0.4 is 10.2 Å². The molecule has 2 N–H and O–H groups in total. The number of piperidine rings is 1. The van der Waals surface area contributed by atoms with Crippen molar-refractivity contribution in [2.45, 2.75) is 24.7 Å². The Morgan fingerprint density at radius 3 is 2.68 bits per heavy atom. The molecule has 0 saturated carbocycles. The third kappa shape index (κ3) is 4.20. The summed E-state index contributed by atoms with van der Waals surface area (Å²) in [5.74, 6) is -0.581. The van der Waals surface area contributed by atoms with Crippen molar-refractivity contribution >= 4 is 33.0 Å². The van der Waals surface area contributed by atoms with Gasteiger partial charge in [-0.1, -0.05) is 6.92 Å². The average molecular weight is 407 g/mol. The van der Waals surface area contributed by atoms with Crippen LogP contribution in [0.1, 0.15) is 19.8 Å². The molecule has 3 rings (SSSR count). The zero-order valence-corrected chi connectivity index (χ0v) is 16.8. The van der Waals surface area contributed by atoms with Crippen LogP contribution in [0.5, 0.6) is 0 Å². The van der Waals surface area contributed by atoms with Crippen LogP contribution in [-0.2, 0) is 19.4 Å². The first-order valence-electron chi connectivity index (χ1n) is 9.25. The van der Waals surface area contributed by atoms with E-state index in [2.05, 4.69) is 17.1 Å². The number of nitrogens with one attached hydrogen (secondary N) is 1. The van der Waals surface area contributed by atoms with Crippen LogP contribution in [0.3, 0.4) is 0 Å². The van der Waals surface area contributed by atoms with Gasteiger partial charge < -0.3 is 15.3 Å². The Kier molecular flexibility index (Phi) is 5.76. The van der Waals surface area contributed by atoms with Gasteiger partial charge in [0, 0.05) is 31.1 Å². The van der Waals surface area contributed by atoms with Crippen LogP contribution in [0.25, 0.3) is 0 Å². The molecular weight excluding hydrogens is 382 g/mol. The van der Waals surface area contributed by atoms with Crippen LogP contribution >= 0.6 is 0 Å². The molecule has 2 aliphatic rings. The summed E-state index contributed by atoms with van der Waals surface area (Å²) in [7, 11) is -3.55. The van der Waals surface area contributed by atoms with Gasteiger partial charge in [-0.2, -0.15) is 0 Å². The number of imide groups is 1. The zero-order chi connectivity index (χ0) is 20.5. The van der Waals surface area contributed by atoms with E-state index in [1.807, 2.05) is 0 Å². The molecular formula is C19H25N3O5S. The van der Waals surface area contributed by atoms with Crippen molar-refractivity contribution in [1.29, 1.82) is 0 Å². The summed E-state index contributed by atoms with van der Waals surface area (Å²) in [5.41, 5.74) is 1.12. The number of sulfone groups is 1. The van der Waals surface area contributed by atoms with E-state index in [1.54, 1.807) is 12.1 Å². The minimum Gasteiger partial charge on any atom is -0.395 e. The smallest absolute Gasteiger partial charge is 0.277 e. The monoisotopic (exact) mass is 407 g/mol. The second kappa shape index (κ2) is 7.92. The van der Waals surface area contributed by atoms with Crippen LogP contribution in [0.2, 0.25) is 0 Å². The lowest BCUT2D eigenvalue weighted by molar-refractivity contribution is -0.137. The molecule has 8 nitrogen and oxygen atoms in total. The first-order valence-corrected chi connectivity index (χ1v) is 11.1. The van der Waals surface area contributed by atoms with E-state index in [0.717, 1.165) is 48.9 Å². The Morgan fingerprint density at radius 2 is 2.04 bits per heavy atom. The number of rotatable bonds is 6. The van der Waals surface area contributed by atoms with Gasteiger partial charge in [0.05, 0.1) is 23.7 Å². The number of carbonyl (C=O) groups is 2. The Labute approximate surface area is 164 Å². The molecule has 1 unspecified atom stereocenters. The Morgan fingerprint density at radius 1 is 1.29 bits per heavy atom. The minimum absolute atomic E-state index is 0.00693. The number of nitrogens with zero attached hydrogens (tertiary/aromatic N) is 2. The molecule has 1 aromatic carbocycles. The van der Waals surface area contributed by atoms with Crippen molar-refractivity contribution in [3.8, 4) is 0 Å². The third-order valence-electron chi connectivity index (χ3n) is 4.99. The quantitative estimate of drug-likeness (QED) is 0.677. The molecule has 1 atom stereocenters. The van der Waals surface area contributed by atoms with Crippen molar-refractivity contribution in [1.82, 2.24) is 4.90 Å². The number of hydrogen-bond donors (Lipinski definition) is 2. The maximum atomic E-state index is 12.4. The van der Waals surface area contributed by atoms with Crippen molar-refractivity contribution < 1.29 is 23.1 Å². The Balaban J connectivity index is 1.94. The lowest BCUT2D eigenvalue weighted by atomic mass is 10.00. The van der Waals surface area contributed by atoms with Gasteiger partial charge in [-0.05, 0) is 37.0 Å². The fourth-order valence-corrected chi connectivity index (χ4v) is 4.44. The fraction of sp³-hybridized carbons (Fsp3) is 0.474. The highest BCUT2D eigenvalue weighted by molar-refractivity contribution is 7.90. The molecule has 9 heteroatoms. The Bertz CT molecular complexity index is 925. The van der Waals surface area contributed by atoms with Crippen molar-refractivity contribution in [2.24, 2.45) is 5.92 Å². The zero-order valence-electron chi connectivity index (χ0n) is 16.0. The average Bonchev–Trinajstić information content (AvgIpc) is 2.88. The molecule has 0 radical (unpaired) electrons. The normalized spacial score (nSPS) is 20.5. The van der Waals surface area contributed by atoms with Gasteiger partial charge in [-0.3, -0.25) is 14.5 Å². The maximum absolute atomic E-state index is 12.4. The molecule has 0 aromatic heterocycles. The van der Waals surface area contributed by atoms with Gasteiger partial charge in [0.15, 0.2) is 9.84 Å². The maximum Gasteiger partial charge on any atom is 0.277 e. The number of hydrogen-bond acceptors (Lipinski definition) is 7. The van der Waals surface area contributed by atoms with Gasteiger partial charge >= 0.3 is 0 Å². The van der Waals surface area contributed by atoms with E-state index in [-0.39, 0.29) is 29.4 Å². The fourth-order valence-electron chi connectivity index (χ4n) is 3.61. The number of aliphatic hydroxyl groups excluding tert-OH is 1. The summed E-state index contributed by atoms with van der Waals surface area (Å²) in [6.45, 7) is 3.49. The lowest BCUT2D eigenvalue weighted by Crippen LogP contribution is -2.35. The topological polar surface area (TPSA) is 107 Å². The van der Waals surface area contributed by atoms with Crippen LogP contribution in [-0.4, -0.2) is 62.7 Å². The van der Waals surface area contributed by atoms with Gasteiger partial charge in [0.25, 0.3) is 11.8 Å². The predicted molar refractivity (Wildman–Crippen MR) is 106 cm³/mol. The van der Waals surface area contributed by atoms with E-state index in [0.29, 0.717) is 5.92 Å². The molecule has 1 fully saturated rings. The number of benzene rings is 1. The van der Waals surface area contributed by atoms with Crippen LogP contribution in [0.4, 0.5) is 11.4 Å². The summed E-state index contributed by atoms with van der Waals surface area (Å²) in [6.07, 6.45) is 4.45. The van der Waals surface area contributed by atoms with E-state index in [1.165, 1.54) is 6.07 Å². The van der Waals surface area contributed by atoms with Crippen molar-refractivity contribution in [3.05, 3.63) is 30.0 Å². The van der Waals surface area contributed by atoms with Crippen molar-refractivity contribution in [3.63, 3.8) is 0 Å². The highest BCUT2D eigenvalue weighted by Crippen LogP contribution is 2.31. The lowest BCUT2D eigenvalue weighted by Gasteiger charge is -2.33. The van der Waals surface area contributed by atoms with E-state index >= 15 is 0 Å². The largest absolute Gasteiger partial charge is 0.395 e. The second-order valence-corrected chi connectivity index (χ2v) is 9.33. The first kappa shape index (κ1) is 20.3. The number of aliphatic hydroxyl groups is 1. The van der Waals surface area contributed by atoms with E-state index in [4.69, 9.17) is 5.11 Å². The molecule has 2 aliphatic heterocycles. The molecule has 2 amide bonds. The van der Waals surface area contributed by atoms with E-state index in [9.17, 15) is 18.0 Å². The van der Waals surface area contributed by atoms with Gasteiger partial charge in [-0.25, -0.2) is 8.42 Å². The standard InChI is InChI=1S/C19H25N3O5S/c1-13-4-3-7-21(12-13)14-5-6-17(28(2,26)27)15(10-14)20-16-11-18(24)22(8-9-23)19(16)25/h5-6,10-11,13,20,23H,3-4,7-9,12H2,1-2H3. The summed E-state index contributed by atoms with van der Waals surface area (Å²) in [5, 5.41) is 11.9.